The van der Waals surface area contributed by atoms with Gasteiger partial charge in [-0.3, -0.25) is 4.79 Å². The molecule has 1 amide bonds. The monoisotopic (exact) mass is 274 g/mol. The highest BCUT2D eigenvalue weighted by atomic mass is 16.2. The molecule has 1 saturated heterocycles. The van der Waals surface area contributed by atoms with E-state index in [-0.39, 0.29) is 5.91 Å². The zero-order valence-corrected chi connectivity index (χ0v) is 13.1. The molecule has 1 N–H and O–H groups in total. The van der Waals surface area contributed by atoms with Crippen LogP contribution in [0, 0.1) is 12.8 Å². The number of hydrogen-bond donors (Lipinski definition) is 1. The summed E-state index contributed by atoms with van der Waals surface area (Å²) >= 11 is 0. The smallest absolute Gasteiger partial charge is 0.254 e. The Morgan fingerprint density at radius 1 is 1.35 bits per heavy atom. The van der Waals surface area contributed by atoms with Gasteiger partial charge in [-0.05, 0) is 63.3 Å². The van der Waals surface area contributed by atoms with Crippen molar-refractivity contribution in [3.63, 3.8) is 0 Å². The minimum atomic E-state index is 0.185. The summed E-state index contributed by atoms with van der Waals surface area (Å²) in [5.74, 6) is 0.793. The van der Waals surface area contributed by atoms with Gasteiger partial charge in [-0.15, -0.1) is 0 Å². The lowest BCUT2D eigenvalue weighted by molar-refractivity contribution is 0.0573. The van der Waals surface area contributed by atoms with Crippen molar-refractivity contribution < 1.29 is 4.79 Å². The molecule has 1 aliphatic rings. The minimum absolute atomic E-state index is 0.185. The number of nitrogens with one attached hydrogen (secondary N) is 1. The van der Waals surface area contributed by atoms with Gasteiger partial charge < -0.3 is 10.2 Å². The van der Waals surface area contributed by atoms with E-state index >= 15 is 0 Å². The van der Waals surface area contributed by atoms with E-state index in [1.54, 1.807) is 0 Å². The molecule has 1 heterocycles. The first-order valence-corrected chi connectivity index (χ1v) is 7.68. The molecule has 1 aromatic rings. The second kappa shape index (κ2) is 6.29. The largest absolute Gasteiger partial charge is 0.385 e. The fourth-order valence-electron chi connectivity index (χ4n) is 2.94. The molecular formula is C17H26N2O. The second-order valence-electron chi connectivity index (χ2n) is 6.05. The van der Waals surface area contributed by atoms with Crippen LogP contribution in [0.25, 0.3) is 0 Å². The highest BCUT2D eigenvalue weighted by Gasteiger charge is 2.28. The number of aryl methyl sites for hydroxylation is 1. The van der Waals surface area contributed by atoms with Gasteiger partial charge in [-0.2, -0.15) is 0 Å². The Balaban J connectivity index is 2.20. The predicted molar refractivity (Wildman–Crippen MR) is 84.2 cm³/mol. The fourth-order valence-corrected chi connectivity index (χ4v) is 2.94. The molecule has 110 valence electrons. The maximum absolute atomic E-state index is 12.8. The summed E-state index contributed by atoms with van der Waals surface area (Å²) in [6, 6.07) is 6.38. The molecule has 20 heavy (non-hydrogen) atoms. The van der Waals surface area contributed by atoms with Gasteiger partial charge >= 0.3 is 0 Å². The van der Waals surface area contributed by atoms with E-state index in [4.69, 9.17) is 0 Å². The van der Waals surface area contributed by atoms with Crippen LogP contribution in [0.3, 0.4) is 0 Å². The average Bonchev–Trinajstić information content (AvgIpc) is 2.41. The molecule has 1 aliphatic heterocycles. The molecule has 1 aromatic carbocycles. The first kappa shape index (κ1) is 14.9. The van der Waals surface area contributed by atoms with Gasteiger partial charge in [0, 0.05) is 30.4 Å². The summed E-state index contributed by atoms with van der Waals surface area (Å²) in [6.07, 6.45) is 2.34. The number of hydrogen-bond acceptors (Lipinski definition) is 2. The van der Waals surface area contributed by atoms with Gasteiger partial charge in [0.25, 0.3) is 5.91 Å². The van der Waals surface area contributed by atoms with E-state index < -0.39 is 0 Å². The minimum Gasteiger partial charge on any atom is -0.385 e. The Kier molecular flexibility index (Phi) is 4.69. The zero-order valence-electron chi connectivity index (χ0n) is 13.1. The topological polar surface area (TPSA) is 32.3 Å². The molecule has 0 spiro atoms. The highest BCUT2D eigenvalue weighted by molar-refractivity contribution is 5.96. The summed E-state index contributed by atoms with van der Waals surface area (Å²) in [5, 5.41) is 3.28. The Morgan fingerprint density at radius 2 is 2.10 bits per heavy atom. The molecule has 0 radical (unpaired) electrons. The Bertz CT molecular complexity index is 484. The van der Waals surface area contributed by atoms with Crippen molar-refractivity contribution in [2.75, 3.05) is 18.4 Å². The van der Waals surface area contributed by atoms with Crippen molar-refractivity contribution in [3.8, 4) is 0 Å². The van der Waals surface area contributed by atoms with Crippen LogP contribution < -0.4 is 5.32 Å². The first-order valence-electron chi connectivity index (χ1n) is 7.68. The average molecular weight is 274 g/mol. The molecule has 3 nitrogen and oxygen atoms in total. The van der Waals surface area contributed by atoms with Gasteiger partial charge in [-0.25, -0.2) is 0 Å². The molecule has 0 aromatic heterocycles. The van der Waals surface area contributed by atoms with Crippen molar-refractivity contribution in [1.29, 1.82) is 0 Å². The van der Waals surface area contributed by atoms with Gasteiger partial charge in [0.15, 0.2) is 0 Å². The molecule has 0 saturated carbocycles. The number of anilines is 1. The normalized spacial score (nSPS) is 22.7. The Hall–Kier alpha value is -1.51. The number of benzene rings is 1. The molecule has 2 atom stereocenters. The lowest BCUT2D eigenvalue weighted by Gasteiger charge is -2.37. The Labute approximate surface area is 122 Å². The summed E-state index contributed by atoms with van der Waals surface area (Å²) < 4.78 is 0. The van der Waals surface area contributed by atoms with Crippen molar-refractivity contribution in [2.24, 2.45) is 5.92 Å². The first-order chi connectivity index (χ1) is 9.52. The van der Waals surface area contributed by atoms with E-state index in [2.05, 4.69) is 32.2 Å². The maximum Gasteiger partial charge on any atom is 0.254 e. The van der Waals surface area contributed by atoms with Crippen molar-refractivity contribution in [1.82, 2.24) is 4.90 Å². The number of piperidine rings is 1. The summed E-state index contributed by atoms with van der Waals surface area (Å²) in [7, 11) is 0. The van der Waals surface area contributed by atoms with E-state index in [0.29, 0.717) is 12.0 Å². The standard InChI is InChI=1S/C17H26N2O/c1-5-18-15-8-9-16(13(3)10-15)17(20)19-11-12(2)6-7-14(19)4/h8-10,12,14,18H,5-7,11H2,1-4H3. The third-order valence-electron chi connectivity index (χ3n) is 4.22. The van der Waals surface area contributed by atoms with Crippen LogP contribution in [-0.2, 0) is 0 Å². The molecule has 0 bridgehead atoms. The molecule has 3 heteroatoms. The quantitative estimate of drug-likeness (QED) is 0.911. The van der Waals surface area contributed by atoms with E-state index in [9.17, 15) is 4.79 Å². The summed E-state index contributed by atoms with van der Waals surface area (Å²) in [4.78, 5) is 14.8. The van der Waals surface area contributed by atoms with Crippen molar-refractivity contribution >= 4 is 11.6 Å². The number of rotatable bonds is 3. The zero-order chi connectivity index (χ0) is 14.7. The number of carbonyl (C=O) groups excluding carboxylic acids is 1. The van der Waals surface area contributed by atoms with Gasteiger partial charge in [0.2, 0.25) is 0 Å². The molecular weight excluding hydrogens is 248 g/mol. The van der Waals surface area contributed by atoms with Gasteiger partial charge in [0.1, 0.15) is 0 Å². The van der Waals surface area contributed by atoms with E-state index in [1.807, 2.05) is 24.0 Å². The van der Waals surface area contributed by atoms with Crippen LogP contribution >= 0.6 is 0 Å². The molecule has 2 rings (SSSR count). The lowest BCUT2D eigenvalue weighted by Crippen LogP contribution is -2.45. The molecule has 0 aliphatic carbocycles. The van der Waals surface area contributed by atoms with Crippen LogP contribution in [0.1, 0.15) is 49.5 Å². The fraction of sp³-hybridized carbons (Fsp3) is 0.588. The highest BCUT2D eigenvalue weighted by Crippen LogP contribution is 2.25. The number of amides is 1. The van der Waals surface area contributed by atoms with Gasteiger partial charge in [0.05, 0.1) is 0 Å². The Morgan fingerprint density at radius 3 is 2.75 bits per heavy atom. The maximum atomic E-state index is 12.8. The number of likely N-dealkylation sites (tertiary alicyclic amines) is 1. The molecule has 1 fully saturated rings. The van der Waals surface area contributed by atoms with Crippen molar-refractivity contribution in [2.45, 2.75) is 46.6 Å². The van der Waals surface area contributed by atoms with Crippen LogP contribution in [0.4, 0.5) is 5.69 Å². The van der Waals surface area contributed by atoms with Crippen LogP contribution in [-0.4, -0.2) is 29.9 Å². The SMILES string of the molecule is CCNc1ccc(C(=O)N2CC(C)CCC2C)c(C)c1. The van der Waals surface area contributed by atoms with E-state index in [0.717, 1.165) is 36.3 Å². The predicted octanol–water partition coefficient (Wildman–Crippen LogP) is 3.69. The number of carbonyl (C=O) groups is 1. The van der Waals surface area contributed by atoms with Crippen LogP contribution in [0.5, 0.6) is 0 Å². The summed E-state index contributed by atoms with van der Waals surface area (Å²) in [6.45, 7) is 10.3. The second-order valence-corrected chi connectivity index (χ2v) is 6.05. The van der Waals surface area contributed by atoms with Crippen LogP contribution in [0.15, 0.2) is 18.2 Å². The van der Waals surface area contributed by atoms with E-state index in [1.165, 1.54) is 6.42 Å². The van der Waals surface area contributed by atoms with Gasteiger partial charge in [-0.1, -0.05) is 6.92 Å². The number of nitrogens with zero attached hydrogens (tertiary/aromatic N) is 1. The third kappa shape index (κ3) is 3.14. The summed E-state index contributed by atoms with van der Waals surface area (Å²) in [5.41, 5.74) is 2.98. The third-order valence-corrected chi connectivity index (χ3v) is 4.22. The van der Waals surface area contributed by atoms with Crippen LogP contribution in [0.2, 0.25) is 0 Å². The molecule has 2 unspecified atom stereocenters. The lowest BCUT2D eigenvalue weighted by atomic mass is 9.94. The van der Waals surface area contributed by atoms with Crippen molar-refractivity contribution in [3.05, 3.63) is 29.3 Å².